The highest BCUT2D eigenvalue weighted by atomic mass is 16.4. The second kappa shape index (κ2) is 3.42. The zero-order chi connectivity index (χ0) is 7.44. The maximum absolute atomic E-state index is 9.93. The lowest BCUT2D eigenvalue weighted by atomic mass is 10.1. The van der Waals surface area contributed by atoms with Crippen LogP contribution in [0, 0.1) is 0 Å². The van der Waals surface area contributed by atoms with Crippen LogP contribution in [0.3, 0.4) is 0 Å². The Morgan fingerprint density at radius 1 is 1.78 bits per heavy atom. The molecule has 4 nitrogen and oxygen atoms in total. The molecule has 0 aromatic carbocycles. The van der Waals surface area contributed by atoms with Crippen molar-refractivity contribution in [2.24, 2.45) is 5.73 Å². The Balaban J connectivity index is 3.50. The second-order valence-corrected chi connectivity index (χ2v) is 2.07. The van der Waals surface area contributed by atoms with E-state index in [1.165, 1.54) is 0 Å². The Morgan fingerprint density at radius 2 is 2.22 bits per heavy atom. The van der Waals surface area contributed by atoms with Gasteiger partial charge < -0.3 is 15.9 Å². The lowest BCUT2D eigenvalue weighted by Gasteiger charge is -2.06. The van der Waals surface area contributed by atoms with Gasteiger partial charge in [0, 0.05) is 6.04 Å². The summed E-state index contributed by atoms with van der Waals surface area (Å²) in [5.74, 6) is -1.22. The fourth-order valence-electron chi connectivity index (χ4n) is 0.453. The minimum atomic E-state index is -1.31. The van der Waals surface area contributed by atoms with Crippen LogP contribution in [0.4, 0.5) is 0 Å². The van der Waals surface area contributed by atoms with Crippen LogP contribution in [-0.4, -0.2) is 28.3 Å². The maximum atomic E-state index is 9.93. The second-order valence-electron chi connectivity index (χ2n) is 2.07. The van der Waals surface area contributed by atoms with Crippen LogP contribution in [0.15, 0.2) is 0 Å². The molecule has 0 aliphatic heterocycles. The van der Waals surface area contributed by atoms with E-state index in [0.717, 1.165) is 0 Å². The zero-order valence-electron chi connectivity index (χ0n) is 5.24. The Kier molecular flexibility index (Phi) is 3.19. The van der Waals surface area contributed by atoms with Crippen LogP contribution in [0.25, 0.3) is 0 Å². The molecule has 0 aromatic heterocycles. The van der Waals surface area contributed by atoms with Crippen LogP contribution in [0.2, 0.25) is 0 Å². The number of rotatable bonds is 3. The minimum absolute atomic E-state index is 0.106. The average Bonchev–Trinajstić information content (AvgIpc) is 1.63. The molecule has 0 spiro atoms. The van der Waals surface area contributed by atoms with Gasteiger partial charge in [-0.3, -0.25) is 0 Å². The molecule has 2 atom stereocenters. The summed E-state index contributed by atoms with van der Waals surface area (Å²) in [7, 11) is 0. The molecular formula is C5H11NO3. The van der Waals surface area contributed by atoms with E-state index in [1.54, 1.807) is 6.92 Å². The highest BCUT2D eigenvalue weighted by Crippen LogP contribution is 1.93. The van der Waals surface area contributed by atoms with E-state index < -0.39 is 12.1 Å². The van der Waals surface area contributed by atoms with Crippen molar-refractivity contribution in [1.29, 1.82) is 0 Å². The number of hydrogen-bond donors (Lipinski definition) is 3. The number of carbonyl (C=O) groups is 1. The van der Waals surface area contributed by atoms with Gasteiger partial charge in [-0.1, -0.05) is 0 Å². The molecule has 9 heavy (non-hydrogen) atoms. The van der Waals surface area contributed by atoms with Crippen molar-refractivity contribution < 1.29 is 15.0 Å². The summed E-state index contributed by atoms with van der Waals surface area (Å²) in [6.07, 6.45) is -1.21. The van der Waals surface area contributed by atoms with Gasteiger partial charge in [-0.2, -0.15) is 0 Å². The smallest absolute Gasteiger partial charge is 0.332 e. The van der Waals surface area contributed by atoms with E-state index in [0.29, 0.717) is 0 Å². The van der Waals surface area contributed by atoms with E-state index in [-0.39, 0.29) is 12.5 Å². The molecule has 0 amide bonds. The number of carboxylic acids is 1. The summed E-state index contributed by atoms with van der Waals surface area (Å²) < 4.78 is 0. The van der Waals surface area contributed by atoms with Crippen LogP contribution in [0.1, 0.15) is 13.3 Å². The zero-order valence-corrected chi connectivity index (χ0v) is 5.24. The number of hydrogen-bond acceptors (Lipinski definition) is 3. The lowest BCUT2D eigenvalue weighted by molar-refractivity contribution is -0.147. The van der Waals surface area contributed by atoms with Gasteiger partial charge in [-0.05, 0) is 13.3 Å². The summed E-state index contributed by atoms with van der Waals surface area (Å²) in [4.78, 5) is 9.93. The molecule has 0 unspecified atom stereocenters. The van der Waals surface area contributed by atoms with Crippen molar-refractivity contribution in [3.05, 3.63) is 0 Å². The summed E-state index contributed by atoms with van der Waals surface area (Å²) in [5, 5.41) is 16.7. The molecule has 0 heterocycles. The van der Waals surface area contributed by atoms with E-state index >= 15 is 0 Å². The van der Waals surface area contributed by atoms with Crippen LogP contribution in [-0.2, 0) is 4.79 Å². The third kappa shape index (κ3) is 3.93. The first-order valence-corrected chi connectivity index (χ1v) is 2.70. The SMILES string of the molecule is C[C@@H](N)C[C@@H](O)C(=O)O. The van der Waals surface area contributed by atoms with Crippen LogP contribution < -0.4 is 5.73 Å². The number of aliphatic carboxylic acids is 1. The van der Waals surface area contributed by atoms with Gasteiger partial charge in [0.2, 0.25) is 0 Å². The molecule has 0 aromatic rings. The van der Waals surface area contributed by atoms with E-state index in [2.05, 4.69) is 0 Å². The summed E-state index contributed by atoms with van der Waals surface area (Å²) in [6, 6.07) is -0.268. The Hall–Kier alpha value is -0.610. The molecular weight excluding hydrogens is 122 g/mol. The van der Waals surface area contributed by atoms with E-state index in [4.69, 9.17) is 15.9 Å². The normalized spacial score (nSPS) is 16.8. The molecule has 4 N–H and O–H groups in total. The van der Waals surface area contributed by atoms with Crippen molar-refractivity contribution in [2.75, 3.05) is 0 Å². The topological polar surface area (TPSA) is 83.5 Å². The monoisotopic (exact) mass is 133 g/mol. The third-order valence-corrected chi connectivity index (χ3v) is 0.880. The van der Waals surface area contributed by atoms with Crippen molar-refractivity contribution in [3.8, 4) is 0 Å². The van der Waals surface area contributed by atoms with Crippen molar-refractivity contribution in [3.63, 3.8) is 0 Å². The highest BCUT2D eigenvalue weighted by molar-refractivity contribution is 5.71. The van der Waals surface area contributed by atoms with Crippen molar-refractivity contribution >= 4 is 5.97 Å². The number of carboxylic acid groups (broad SMARTS) is 1. The highest BCUT2D eigenvalue weighted by Gasteiger charge is 2.13. The molecule has 54 valence electrons. The molecule has 0 rings (SSSR count). The lowest BCUT2D eigenvalue weighted by Crippen LogP contribution is -2.28. The summed E-state index contributed by atoms with van der Waals surface area (Å²) in [5.41, 5.74) is 5.21. The fourth-order valence-corrected chi connectivity index (χ4v) is 0.453. The summed E-state index contributed by atoms with van der Waals surface area (Å²) >= 11 is 0. The molecule has 0 bridgehead atoms. The Morgan fingerprint density at radius 3 is 2.33 bits per heavy atom. The molecule has 0 aliphatic rings. The predicted octanol–water partition coefficient (Wildman–Crippen LogP) is -0.831. The summed E-state index contributed by atoms with van der Waals surface area (Å²) in [6.45, 7) is 1.64. The standard InChI is InChI=1S/C5H11NO3/c1-3(6)2-4(7)5(8)9/h3-4,7H,2,6H2,1H3,(H,8,9)/t3-,4-/m1/s1. The Bertz CT molecular complexity index is 102. The fraction of sp³-hybridized carbons (Fsp3) is 0.800. The number of nitrogens with two attached hydrogens (primary N) is 1. The van der Waals surface area contributed by atoms with Gasteiger partial charge >= 0.3 is 5.97 Å². The van der Waals surface area contributed by atoms with E-state index in [9.17, 15) is 4.79 Å². The molecule has 4 heteroatoms. The third-order valence-electron chi connectivity index (χ3n) is 0.880. The molecule has 0 saturated carbocycles. The molecule has 0 aliphatic carbocycles. The van der Waals surface area contributed by atoms with E-state index in [1.807, 2.05) is 0 Å². The first kappa shape index (κ1) is 8.39. The van der Waals surface area contributed by atoms with Crippen LogP contribution in [0.5, 0.6) is 0 Å². The first-order valence-electron chi connectivity index (χ1n) is 2.70. The quantitative estimate of drug-likeness (QED) is 0.469. The van der Waals surface area contributed by atoms with Crippen LogP contribution >= 0.6 is 0 Å². The average molecular weight is 133 g/mol. The number of aliphatic hydroxyl groups is 1. The van der Waals surface area contributed by atoms with Gasteiger partial charge in [-0.15, -0.1) is 0 Å². The Labute approximate surface area is 53.3 Å². The molecule has 0 radical (unpaired) electrons. The van der Waals surface area contributed by atoms with Crippen molar-refractivity contribution in [2.45, 2.75) is 25.5 Å². The van der Waals surface area contributed by atoms with Crippen molar-refractivity contribution in [1.82, 2.24) is 0 Å². The maximum Gasteiger partial charge on any atom is 0.332 e. The molecule has 0 saturated heterocycles. The van der Waals surface area contributed by atoms with Gasteiger partial charge in [0.05, 0.1) is 0 Å². The predicted molar refractivity (Wildman–Crippen MR) is 31.9 cm³/mol. The molecule has 0 fully saturated rings. The largest absolute Gasteiger partial charge is 0.479 e. The minimum Gasteiger partial charge on any atom is -0.479 e. The van der Waals surface area contributed by atoms with Gasteiger partial charge in [0.15, 0.2) is 6.10 Å². The van der Waals surface area contributed by atoms with Gasteiger partial charge in [-0.25, -0.2) is 4.79 Å². The number of aliphatic hydroxyl groups excluding tert-OH is 1. The first-order chi connectivity index (χ1) is 4.04. The van der Waals surface area contributed by atoms with Gasteiger partial charge in [0.25, 0.3) is 0 Å². The van der Waals surface area contributed by atoms with Gasteiger partial charge in [0.1, 0.15) is 0 Å².